The number of hydroxylamine groups is 2. The Bertz CT molecular complexity index is 334. The van der Waals surface area contributed by atoms with E-state index in [1.807, 2.05) is 31.3 Å². The van der Waals surface area contributed by atoms with Crippen LogP contribution in [-0.4, -0.2) is 31.3 Å². The first-order chi connectivity index (χ1) is 7.22. The minimum absolute atomic E-state index is 0.143. The van der Waals surface area contributed by atoms with Gasteiger partial charge < -0.3 is 4.74 Å². The Morgan fingerprint density at radius 2 is 2.53 bits per heavy atom. The summed E-state index contributed by atoms with van der Waals surface area (Å²) in [6, 6.07) is 8.17. The molecule has 0 N–H and O–H groups in total. The summed E-state index contributed by atoms with van der Waals surface area (Å²) in [5.41, 5.74) is 1.17. The lowest BCUT2D eigenvalue weighted by Gasteiger charge is -2.20. The number of rotatable bonds is 2. The highest BCUT2D eigenvalue weighted by molar-refractivity contribution is 5.74. The van der Waals surface area contributed by atoms with Crippen LogP contribution in [-0.2, 0) is 14.4 Å². The van der Waals surface area contributed by atoms with Crippen LogP contribution >= 0.6 is 0 Å². The van der Waals surface area contributed by atoms with E-state index in [0.717, 1.165) is 0 Å². The van der Waals surface area contributed by atoms with Gasteiger partial charge in [0, 0.05) is 13.1 Å². The zero-order valence-corrected chi connectivity index (χ0v) is 8.84. The van der Waals surface area contributed by atoms with Crippen molar-refractivity contribution in [1.82, 2.24) is 5.06 Å². The van der Waals surface area contributed by atoms with Crippen molar-refractivity contribution in [2.24, 2.45) is 0 Å². The lowest BCUT2D eigenvalue weighted by molar-refractivity contribution is -0.179. The third-order valence-electron chi connectivity index (χ3n) is 2.71. The molecule has 4 nitrogen and oxygen atoms in total. The van der Waals surface area contributed by atoms with E-state index in [9.17, 15) is 4.79 Å². The number of hydrogen-bond acceptors (Lipinski definition) is 4. The van der Waals surface area contributed by atoms with E-state index < -0.39 is 6.10 Å². The largest absolute Gasteiger partial charge is 0.467 e. The van der Waals surface area contributed by atoms with Gasteiger partial charge >= 0.3 is 5.97 Å². The quantitative estimate of drug-likeness (QED) is 0.541. The van der Waals surface area contributed by atoms with Crippen LogP contribution in [0.2, 0.25) is 0 Å². The molecule has 82 valence electrons. The van der Waals surface area contributed by atoms with Crippen LogP contribution in [0.15, 0.2) is 24.3 Å². The third kappa shape index (κ3) is 1.91. The average Bonchev–Trinajstić information content (AvgIpc) is 2.84. The van der Waals surface area contributed by atoms with E-state index in [0.29, 0.717) is 6.42 Å². The number of carbonyl (C=O) groups excluding carboxylic acids is 1. The van der Waals surface area contributed by atoms with Crippen molar-refractivity contribution in [3.63, 3.8) is 0 Å². The third-order valence-corrected chi connectivity index (χ3v) is 2.71. The molecule has 0 amide bonds. The second-order valence-electron chi connectivity index (χ2n) is 3.63. The number of ether oxygens (including phenoxy) is 1. The molecule has 1 aliphatic rings. The van der Waals surface area contributed by atoms with Crippen molar-refractivity contribution in [1.29, 1.82) is 0 Å². The molecule has 0 spiro atoms. The highest BCUT2D eigenvalue weighted by atomic mass is 16.7. The highest BCUT2D eigenvalue weighted by Crippen LogP contribution is 2.33. The number of hydrogen-bond donors (Lipinski definition) is 0. The predicted octanol–water partition coefficient (Wildman–Crippen LogP) is 1.26. The summed E-state index contributed by atoms with van der Waals surface area (Å²) < 4.78 is 4.66. The van der Waals surface area contributed by atoms with Gasteiger partial charge in [0.1, 0.15) is 0 Å². The van der Waals surface area contributed by atoms with Gasteiger partial charge in [-0.3, -0.25) is 4.84 Å². The lowest BCUT2D eigenvalue weighted by Crippen LogP contribution is -2.23. The number of esters is 1. The average molecular weight is 208 g/mol. The summed E-state index contributed by atoms with van der Waals surface area (Å²) in [6.45, 7) is 0. The Hall–Kier alpha value is -1.26. The van der Waals surface area contributed by atoms with Crippen molar-refractivity contribution >= 4 is 5.97 Å². The maximum atomic E-state index is 11.3. The zero-order chi connectivity index (χ0) is 10.8. The van der Waals surface area contributed by atoms with E-state index in [2.05, 4.69) is 4.74 Å². The van der Waals surface area contributed by atoms with Crippen LogP contribution in [0.1, 0.15) is 18.0 Å². The molecule has 1 aliphatic heterocycles. The Kier molecular flexibility index (Phi) is 2.79. The Labute approximate surface area is 88.7 Å². The minimum Gasteiger partial charge on any atom is -0.467 e. The fourth-order valence-electron chi connectivity index (χ4n) is 1.90. The van der Waals surface area contributed by atoms with Gasteiger partial charge in [-0.1, -0.05) is 0 Å². The molecule has 0 aromatic heterocycles. The summed E-state index contributed by atoms with van der Waals surface area (Å²) in [5.74, 6) is -0.309. The fraction of sp³-hybridized carbons (Fsp3) is 0.455. The highest BCUT2D eigenvalue weighted by Gasteiger charge is 2.34. The van der Waals surface area contributed by atoms with Crippen molar-refractivity contribution in [3.8, 4) is 0 Å². The monoisotopic (exact) mass is 208 g/mol. The number of carbonyl (C=O) groups is 1. The summed E-state index contributed by atoms with van der Waals surface area (Å²) in [4.78, 5) is 16.7. The lowest BCUT2D eigenvalue weighted by atomic mass is 10.0. The molecule has 1 aromatic rings. The molecule has 2 rings (SSSR count). The van der Waals surface area contributed by atoms with Crippen LogP contribution in [0.25, 0.3) is 0 Å². The standard InChI is InChI=1S/C11H14NO3/c1-12-9(8-5-3-4-6-8)7-10(15-12)11(13)14-2/h3-6,9-10H,7H2,1-2H3/q-1/t9-,10-/m0/s1. The summed E-state index contributed by atoms with van der Waals surface area (Å²) in [6.07, 6.45) is 0.174. The first kappa shape index (κ1) is 10.3. The Morgan fingerprint density at radius 3 is 3.13 bits per heavy atom. The maximum absolute atomic E-state index is 11.3. The number of methoxy groups -OCH3 is 1. The van der Waals surface area contributed by atoms with Crippen molar-refractivity contribution in [2.45, 2.75) is 18.6 Å². The van der Waals surface area contributed by atoms with Crippen LogP contribution in [0, 0.1) is 0 Å². The van der Waals surface area contributed by atoms with Gasteiger partial charge in [-0.2, -0.15) is 28.8 Å². The normalized spacial score (nSPS) is 26.8. The second-order valence-corrected chi connectivity index (χ2v) is 3.63. The second kappa shape index (κ2) is 4.08. The molecular formula is C11H14NO3-. The maximum Gasteiger partial charge on any atom is 0.337 e. The van der Waals surface area contributed by atoms with Crippen LogP contribution in [0.4, 0.5) is 0 Å². The van der Waals surface area contributed by atoms with E-state index in [1.165, 1.54) is 12.7 Å². The molecule has 1 aromatic carbocycles. The molecule has 0 radical (unpaired) electrons. The first-order valence-corrected chi connectivity index (χ1v) is 4.91. The van der Waals surface area contributed by atoms with E-state index in [1.54, 1.807) is 5.06 Å². The van der Waals surface area contributed by atoms with Gasteiger partial charge in [-0.05, 0) is 6.42 Å². The topological polar surface area (TPSA) is 38.8 Å². The molecule has 0 bridgehead atoms. The Balaban J connectivity index is 2.08. The molecule has 1 fully saturated rings. The molecule has 15 heavy (non-hydrogen) atoms. The summed E-state index contributed by atoms with van der Waals surface area (Å²) in [7, 11) is 3.21. The molecule has 1 saturated heterocycles. The summed E-state index contributed by atoms with van der Waals surface area (Å²) in [5, 5.41) is 1.72. The molecule has 4 heteroatoms. The molecule has 2 atom stereocenters. The molecule has 0 unspecified atom stereocenters. The van der Waals surface area contributed by atoms with E-state index >= 15 is 0 Å². The molecular weight excluding hydrogens is 194 g/mol. The fourth-order valence-corrected chi connectivity index (χ4v) is 1.90. The van der Waals surface area contributed by atoms with Crippen LogP contribution in [0.3, 0.4) is 0 Å². The number of nitrogens with zero attached hydrogens (tertiary/aromatic N) is 1. The van der Waals surface area contributed by atoms with Crippen molar-refractivity contribution < 1.29 is 14.4 Å². The van der Waals surface area contributed by atoms with Gasteiger partial charge in [-0.15, -0.1) is 0 Å². The molecule has 1 heterocycles. The van der Waals surface area contributed by atoms with Gasteiger partial charge in [0.05, 0.1) is 7.11 Å². The van der Waals surface area contributed by atoms with Crippen molar-refractivity contribution in [3.05, 3.63) is 29.8 Å². The van der Waals surface area contributed by atoms with E-state index in [-0.39, 0.29) is 12.0 Å². The van der Waals surface area contributed by atoms with Crippen molar-refractivity contribution in [2.75, 3.05) is 14.2 Å². The first-order valence-electron chi connectivity index (χ1n) is 4.91. The van der Waals surface area contributed by atoms with Gasteiger partial charge in [0.25, 0.3) is 0 Å². The molecule has 0 aliphatic carbocycles. The van der Waals surface area contributed by atoms with Gasteiger partial charge in [-0.25, -0.2) is 10.9 Å². The van der Waals surface area contributed by atoms with Gasteiger partial charge in [0.15, 0.2) is 6.10 Å². The zero-order valence-electron chi connectivity index (χ0n) is 8.84. The minimum atomic E-state index is -0.472. The smallest absolute Gasteiger partial charge is 0.337 e. The Morgan fingerprint density at radius 1 is 1.73 bits per heavy atom. The summed E-state index contributed by atoms with van der Waals surface area (Å²) >= 11 is 0. The SMILES string of the molecule is COC(=O)[C@@H]1C[C@@H](c2cc[cH-]c2)N(C)O1. The predicted molar refractivity (Wildman–Crippen MR) is 54.0 cm³/mol. The van der Waals surface area contributed by atoms with E-state index in [4.69, 9.17) is 4.84 Å². The molecule has 0 saturated carbocycles. The van der Waals surface area contributed by atoms with Crippen LogP contribution in [0.5, 0.6) is 0 Å². The van der Waals surface area contributed by atoms with Crippen LogP contribution < -0.4 is 0 Å². The van der Waals surface area contributed by atoms with Gasteiger partial charge in [0.2, 0.25) is 0 Å².